The van der Waals surface area contributed by atoms with Crippen LogP contribution in [0.2, 0.25) is 5.54 Å². The van der Waals surface area contributed by atoms with Crippen LogP contribution in [-0.2, 0) is 0 Å². The summed E-state index contributed by atoms with van der Waals surface area (Å²) < 4.78 is 0. The summed E-state index contributed by atoms with van der Waals surface area (Å²) in [5.74, 6) is 2.08. The summed E-state index contributed by atoms with van der Waals surface area (Å²) in [5.41, 5.74) is 1.16. The normalized spacial score (nSPS) is 37.9. The fourth-order valence-corrected chi connectivity index (χ4v) is 3.12. The Kier molecular flexibility index (Phi) is 1.76. The van der Waals surface area contributed by atoms with Crippen molar-refractivity contribution in [1.29, 1.82) is 0 Å². The summed E-state index contributed by atoms with van der Waals surface area (Å²) in [6.45, 7) is 4.71. The molecule has 0 nitrogen and oxygen atoms in total. The number of rotatable bonds is 1. The Bertz CT molecular complexity index is 73.7. The third kappa shape index (κ3) is 0.969. The Morgan fingerprint density at radius 1 is 1.38 bits per heavy atom. The molecule has 0 aromatic heterocycles. The van der Waals surface area contributed by atoms with E-state index in [1.165, 1.54) is 23.1 Å². The molecule has 0 heterocycles. The Morgan fingerprint density at radius 2 is 2.00 bits per heavy atom. The van der Waals surface area contributed by atoms with Crippen molar-refractivity contribution in [2.24, 2.45) is 11.8 Å². The molecule has 0 aliphatic heterocycles. The first-order valence-corrected chi connectivity index (χ1v) is 4.87. The molecule has 0 saturated heterocycles. The SMILES string of the molecule is CC(C)C1CC[C@H]1[SiH3]. The lowest BCUT2D eigenvalue weighted by atomic mass is 9.77. The van der Waals surface area contributed by atoms with E-state index in [1.54, 1.807) is 0 Å². The maximum atomic E-state index is 2.36. The van der Waals surface area contributed by atoms with Gasteiger partial charge in [-0.15, -0.1) is 0 Å². The van der Waals surface area contributed by atoms with Crippen molar-refractivity contribution in [3.05, 3.63) is 0 Å². The topological polar surface area (TPSA) is 0 Å². The van der Waals surface area contributed by atoms with Crippen LogP contribution in [0.25, 0.3) is 0 Å². The minimum atomic E-state index is 0.964. The molecule has 0 spiro atoms. The molecule has 1 rings (SSSR count). The van der Waals surface area contributed by atoms with E-state index in [2.05, 4.69) is 13.8 Å². The van der Waals surface area contributed by atoms with Crippen molar-refractivity contribution in [2.45, 2.75) is 32.2 Å². The maximum Gasteiger partial charge on any atom is 0.00709 e. The van der Waals surface area contributed by atoms with Crippen LogP contribution < -0.4 is 0 Å². The zero-order valence-electron chi connectivity index (χ0n) is 6.15. The van der Waals surface area contributed by atoms with Crippen LogP contribution in [0.4, 0.5) is 0 Å². The molecule has 1 fully saturated rings. The smallest absolute Gasteiger partial charge is 0.00709 e. The Morgan fingerprint density at radius 3 is 2.00 bits per heavy atom. The quantitative estimate of drug-likeness (QED) is 0.466. The highest BCUT2D eigenvalue weighted by molar-refractivity contribution is 6.12. The van der Waals surface area contributed by atoms with Gasteiger partial charge in [0.05, 0.1) is 0 Å². The fourth-order valence-electron chi connectivity index (χ4n) is 1.68. The van der Waals surface area contributed by atoms with Gasteiger partial charge in [0.15, 0.2) is 0 Å². The lowest BCUT2D eigenvalue weighted by molar-refractivity contribution is 0.236. The van der Waals surface area contributed by atoms with E-state index < -0.39 is 0 Å². The lowest BCUT2D eigenvalue weighted by Crippen LogP contribution is -2.25. The maximum absolute atomic E-state index is 2.36. The minimum Gasteiger partial charge on any atom is -0.0625 e. The summed E-state index contributed by atoms with van der Waals surface area (Å²) in [4.78, 5) is 0. The van der Waals surface area contributed by atoms with Gasteiger partial charge in [0.2, 0.25) is 0 Å². The van der Waals surface area contributed by atoms with Gasteiger partial charge in [-0.05, 0) is 11.8 Å². The number of hydrogen-bond acceptors (Lipinski definition) is 0. The molecule has 1 aliphatic carbocycles. The lowest BCUT2D eigenvalue weighted by Gasteiger charge is -2.37. The van der Waals surface area contributed by atoms with Crippen LogP contribution >= 0.6 is 0 Å². The summed E-state index contributed by atoms with van der Waals surface area (Å²) >= 11 is 0. The summed E-state index contributed by atoms with van der Waals surface area (Å²) in [7, 11) is 1.44. The monoisotopic (exact) mass is 128 g/mol. The van der Waals surface area contributed by atoms with E-state index in [0.29, 0.717) is 0 Å². The summed E-state index contributed by atoms with van der Waals surface area (Å²) in [6, 6.07) is 0. The molecule has 2 atom stereocenters. The molecule has 0 aromatic carbocycles. The molecule has 0 bridgehead atoms. The van der Waals surface area contributed by atoms with Crippen LogP contribution in [0.1, 0.15) is 26.7 Å². The highest BCUT2D eigenvalue weighted by Crippen LogP contribution is 2.41. The Balaban J connectivity index is 2.26. The molecule has 0 aromatic rings. The molecule has 0 radical (unpaired) electrons. The molecule has 48 valence electrons. The van der Waals surface area contributed by atoms with Gasteiger partial charge in [-0.3, -0.25) is 0 Å². The van der Waals surface area contributed by atoms with Crippen molar-refractivity contribution in [3.8, 4) is 0 Å². The molecule has 1 unspecified atom stereocenters. The second-order valence-corrected chi connectivity index (χ2v) is 4.95. The number of hydrogen-bond donors (Lipinski definition) is 0. The fraction of sp³-hybridized carbons (Fsp3) is 1.00. The van der Waals surface area contributed by atoms with E-state index in [0.717, 1.165) is 17.4 Å². The molecule has 0 N–H and O–H groups in total. The van der Waals surface area contributed by atoms with Crippen molar-refractivity contribution in [1.82, 2.24) is 0 Å². The largest absolute Gasteiger partial charge is 0.0625 e. The molecular weight excluding hydrogens is 112 g/mol. The minimum absolute atomic E-state index is 0.964. The molecule has 1 heteroatoms. The van der Waals surface area contributed by atoms with E-state index >= 15 is 0 Å². The Labute approximate surface area is 55.1 Å². The van der Waals surface area contributed by atoms with Gasteiger partial charge in [0.1, 0.15) is 0 Å². The second-order valence-electron chi connectivity index (χ2n) is 3.46. The van der Waals surface area contributed by atoms with E-state index in [4.69, 9.17) is 0 Å². The molecular formula is C7H16Si. The van der Waals surface area contributed by atoms with Crippen LogP contribution in [0, 0.1) is 11.8 Å². The van der Waals surface area contributed by atoms with E-state index in [1.807, 2.05) is 0 Å². The van der Waals surface area contributed by atoms with Crippen LogP contribution in [0.5, 0.6) is 0 Å². The zero-order valence-corrected chi connectivity index (χ0v) is 8.15. The summed E-state index contributed by atoms with van der Waals surface area (Å²) in [6.07, 6.45) is 3.06. The third-order valence-electron chi connectivity index (χ3n) is 2.54. The van der Waals surface area contributed by atoms with Gasteiger partial charge in [0.25, 0.3) is 0 Å². The summed E-state index contributed by atoms with van der Waals surface area (Å²) in [5, 5.41) is 0. The van der Waals surface area contributed by atoms with Gasteiger partial charge in [-0.1, -0.05) is 32.2 Å². The average Bonchev–Trinajstić information content (AvgIpc) is 1.61. The standard InChI is InChI=1S/C7H16Si/c1-5(2)6-3-4-7(6)8/h5-7H,3-4H2,1-2,8H3/t6?,7-/m1/s1. The van der Waals surface area contributed by atoms with Crippen LogP contribution in [0.3, 0.4) is 0 Å². The van der Waals surface area contributed by atoms with Gasteiger partial charge < -0.3 is 0 Å². The molecule has 8 heavy (non-hydrogen) atoms. The predicted molar refractivity (Wildman–Crippen MR) is 41.3 cm³/mol. The zero-order chi connectivity index (χ0) is 6.15. The van der Waals surface area contributed by atoms with Crippen molar-refractivity contribution in [2.75, 3.05) is 0 Å². The van der Waals surface area contributed by atoms with E-state index in [-0.39, 0.29) is 0 Å². The highest BCUT2D eigenvalue weighted by atomic mass is 28.1. The first kappa shape index (κ1) is 6.34. The van der Waals surface area contributed by atoms with Crippen LogP contribution in [-0.4, -0.2) is 10.2 Å². The average molecular weight is 128 g/mol. The predicted octanol–water partition coefficient (Wildman–Crippen LogP) is 1.21. The van der Waals surface area contributed by atoms with Crippen LogP contribution in [0.15, 0.2) is 0 Å². The van der Waals surface area contributed by atoms with Crippen molar-refractivity contribution in [3.63, 3.8) is 0 Å². The first-order chi connectivity index (χ1) is 3.72. The van der Waals surface area contributed by atoms with E-state index in [9.17, 15) is 0 Å². The van der Waals surface area contributed by atoms with Gasteiger partial charge in [0, 0.05) is 10.2 Å². The first-order valence-electron chi connectivity index (χ1n) is 3.72. The van der Waals surface area contributed by atoms with Crippen molar-refractivity contribution >= 4 is 10.2 Å². The highest BCUT2D eigenvalue weighted by Gasteiger charge is 2.28. The molecule has 1 saturated carbocycles. The van der Waals surface area contributed by atoms with Gasteiger partial charge in [-0.25, -0.2) is 0 Å². The molecule has 0 amide bonds. The van der Waals surface area contributed by atoms with Gasteiger partial charge in [-0.2, -0.15) is 0 Å². The van der Waals surface area contributed by atoms with Crippen molar-refractivity contribution < 1.29 is 0 Å². The second kappa shape index (κ2) is 2.22. The molecule has 1 aliphatic rings. The van der Waals surface area contributed by atoms with Gasteiger partial charge >= 0.3 is 0 Å². The third-order valence-corrected chi connectivity index (χ3v) is 3.98. The Hall–Kier alpha value is 0.217.